The van der Waals surface area contributed by atoms with Crippen molar-refractivity contribution in [1.82, 2.24) is 4.98 Å². The van der Waals surface area contributed by atoms with E-state index in [0.29, 0.717) is 28.8 Å². The van der Waals surface area contributed by atoms with Gasteiger partial charge in [-0.2, -0.15) is 0 Å². The fraction of sp³-hybridized carbons (Fsp3) is 0.211. The minimum absolute atomic E-state index is 0.516. The number of para-hydroxylation sites is 1. The van der Waals surface area contributed by atoms with Crippen LogP contribution in [0.4, 0.5) is 5.69 Å². The molecule has 1 aromatic carbocycles. The van der Waals surface area contributed by atoms with Gasteiger partial charge >= 0.3 is 0 Å². The number of benzene rings is 1. The monoisotopic (exact) mass is 326 g/mol. The number of rotatable bonds is 7. The van der Waals surface area contributed by atoms with Crippen molar-refractivity contribution in [2.75, 3.05) is 26.2 Å². The second-order valence-electron chi connectivity index (χ2n) is 5.09. The second kappa shape index (κ2) is 7.55. The summed E-state index contributed by atoms with van der Waals surface area (Å²) < 4.78 is 16.2. The van der Waals surface area contributed by atoms with Crippen molar-refractivity contribution in [3.8, 4) is 17.4 Å². The van der Waals surface area contributed by atoms with Gasteiger partial charge in [-0.1, -0.05) is 25.3 Å². The molecular formula is C19H22N2O3. The molecule has 0 spiro atoms. The minimum atomic E-state index is 0.516. The van der Waals surface area contributed by atoms with Gasteiger partial charge in [-0.3, -0.25) is 0 Å². The van der Waals surface area contributed by atoms with Crippen LogP contribution < -0.4 is 19.1 Å². The van der Waals surface area contributed by atoms with Crippen LogP contribution in [0.3, 0.4) is 0 Å². The summed E-state index contributed by atoms with van der Waals surface area (Å²) in [7, 11) is 4.80. The van der Waals surface area contributed by atoms with Crippen molar-refractivity contribution in [3.63, 3.8) is 0 Å². The molecule has 0 fully saturated rings. The Labute approximate surface area is 142 Å². The molecule has 0 bridgehead atoms. The van der Waals surface area contributed by atoms with Gasteiger partial charge in [0.05, 0.1) is 32.7 Å². The topological polar surface area (TPSA) is 43.8 Å². The van der Waals surface area contributed by atoms with Crippen molar-refractivity contribution in [1.29, 1.82) is 0 Å². The van der Waals surface area contributed by atoms with Crippen LogP contribution in [0.5, 0.6) is 17.4 Å². The fourth-order valence-corrected chi connectivity index (χ4v) is 2.41. The highest BCUT2D eigenvalue weighted by Crippen LogP contribution is 2.42. The van der Waals surface area contributed by atoms with Gasteiger partial charge in [-0.25, -0.2) is 4.98 Å². The molecule has 0 aliphatic rings. The molecule has 0 aliphatic heterocycles. The summed E-state index contributed by atoms with van der Waals surface area (Å²) in [6.45, 7) is 10.1. The van der Waals surface area contributed by atoms with E-state index in [-0.39, 0.29) is 0 Å². The second-order valence-corrected chi connectivity index (χ2v) is 5.09. The molecule has 2 rings (SSSR count). The molecule has 0 saturated heterocycles. The third kappa shape index (κ3) is 3.35. The van der Waals surface area contributed by atoms with Gasteiger partial charge in [0, 0.05) is 11.8 Å². The molecule has 0 aliphatic carbocycles. The Morgan fingerprint density at radius 1 is 0.917 bits per heavy atom. The summed E-state index contributed by atoms with van der Waals surface area (Å²) in [5, 5.41) is 0. The number of aromatic nitrogens is 1. The van der Waals surface area contributed by atoms with Crippen LogP contribution in [0.1, 0.15) is 12.6 Å². The van der Waals surface area contributed by atoms with Crippen LogP contribution in [0.25, 0.3) is 5.70 Å². The molecule has 0 saturated carbocycles. The van der Waals surface area contributed by atoms with E-state index < -0.39 is 0 Å². The largest absolute Gasteiger partial charge is 0.494 e. The highest BCUT2D eigenvalue weighted by molar-refractivity contribution is 5.85. The Morgan fingerprint density at radius 3 is 2.00 bits per heavy atom. The summed E-state index contributed by atoms with van der Waals surface area (Å²) in [4.78, 5) is 6.31. The van der Waals surface area contributed by atoms with Crippen LogP contribution in [-0.4, -0.2) is 26.3 Å². The first-order chi connectivity index (χ1) is 11.5. The van der Waals surface area contributed by atoms with E-state index in [1.807, 2.05) is 42.2 Å². The van der Waals surface area contributed by atoms with Crippen LogP contribution in [0.15, 0.2) is 55.3 Å². The Hall–Kier alpha value is -2.95. The number of hydrogen-bond donors (Lipinski definition) is 0. The molecule has 1 heterocycles. The van der Waals surface area contributed by atoms with Crippen LogP contribution in [0.2, 0.25) is 0 Å². The van der Waals surface area contributed by atoms with Gasteiger partial charge in [-0.15, -0.1) is 0 Å². The zero-order valence-corrected chi connectivity index (χ0v) is 14.5. The molecular weight excluding hydrogens is 304 g/mol. The number of hydrogen-bond acceptors (Lipinski definition) is 5. The van der Waals surface area contributed by atoms with Gasteiger partial charge in [0.15, 0.2) is 0 Å². The molecule has 0 unspecified atom stereocenters. The maximum atomic E-state index is 5.50. The van der Waals surface area contributed by atoms with E-state index >= 15 is 0 Å². The molecule has 0 amide bonds. The zero-order chi connectivity index (χ0) is 17.7. The first-order valence-electron chi connectivity index (χ1n) is 7.40. The van der Waals surface area contributed by atoms with Gasteiger partial charge < -0.3 is 19.1 Å². The Morgan fingerprint density at radius 2 is 1.50 bits per heavy atom. The molecule has 5 heteroatoms. The van der Waals surface area contributed by atoms with Gasteiger partial charge in [0.1, 0.15) is 17.2 Å². The van der Waals surface area contributed by atoms with Crippen molar-refractivity contribution in [2.24, 2.45) is 0 Å². The number of anilines is 1. The van der Waals surface area contributed by atoms with Gasteiger partial charge in [-0.05, 0) is 25.1 Å². The highest BCUT2D eigenvalue weighted by Gasteiger charge is 2.22. The molecule has 0 N–H and O–H groups in total. The molecule has 0 atom stereocenters. The van der Waals surface area contributed by atoms with Crippen molar-refractivity contribution < 1.29 is 14.2 Å². The van der Waals surface area contributed by atoms with E-state index in [2.05, 4.69) is 18.1 Å². The predicted molar refractivity (Wildman–Crippen MR) is 96.7 cm³/mol. The summed E-state index contributed by atoms with van der Waals surface area (Å²) in [6.07, 6.45) is 0. The van der Waals surface area contributed by atoms with Gasteiger partial charge in [0.25, 0.3) is 0 Å². The molecule has 1 aromatic heterocycles. The molecule has 2 aromatic rings. The number of allylic oxidation sites excluding steroid dienone is 1. The predicted octanol–water partition coefficient (Wildman–Crippen LogP) is 4.12. The summed E-state index contributed by atoms with van der Waals surface area (Å²) in [6, 6.07) is 11.1. The van der Waals surface area contributed by atoms with Crippen LogP contribution in [0, 0.1) is 0 Å². The molecule has 0 radical (unpaired) electrons. The smallest absolute Gasteiger partial charge is 0.213 e. The van der Waals surface area contributed by atoms with Crippen molar-refractivity contribution in [2.45, 2.75) is 6.92 Å². The number of ether oxygens (including phenoxy) is 3. The standard InChI is InChI=1S/C19H22N2O3/c1-13(2)21(14(3)15-9-7-12-18(20-15)24-6)19-16(22-4)10-8-11-17(19)23-5/h7-12H,1,3H2,2,4-6H3. The Kier molecular flexibility index (Phi) is 5.47. The highest BCUT2D eigenvalue weighted by atomic mass is 16.5. The number of nitrogens with zero attached hydrogens (tertiary/aromatic N) is 2. The lowest BCUT2D eigenvalue weighted by Crippen LogP contribution is -2.20. The average Bonchev–Trinajstić information content (AvgIpc) is 2.61. The summed E-state index contributed by atoms with van der Waals surface area (Å²) in [5.41, 5.74) is 2.80. The Bertz CT molecular complexity index is 734. The number of methoxy groups -OCH3 is 3. The van der Waals surface area contributed by atoms with Crippen LogP contribution >= 0.6 is 0 Å². The van der Waals surface area contributed by atoms with E-state index in [4.69, 9.17) is 14.2 Å². The van der Waals surface area contributed by atoms with Gasteiger partial charge in [0.2, 0.25) is 5.88 Å². The quantitative estimate of drug-likeness (QED) is 0.766. The maximum absolute atomic E-state index is 5.50. The van der Waals surface area contributed by atoms with E-state index in [0.717, 1.165) is 11.4 Å². The summed E-state index contributed by atoms with van der Waals surface area (Å²) >= 11 is 0. The van der Waals surface area contributed by atoms with Crippen LogP contribution in [-0.2, 0) is 0 Å². The SMILES string of the molecule is C=C(C)N(C(=C)c1cccc(OC)n1)c1c(OC)cccc1OC. The average molecular weight is 326 g/mol. The van der Waals surface area contributed by atoms with E-state index in [1.54, 1.807) is 27.4 Å². The molecule has 5 nitrogen and oxygen atoms in total. The van der Waals surface area contributed by atoms with Crippen molar-refractivity contribution in [3.05, 3.63) is 60.9 Å². The lowest BCUT2D eigenvalue weighted by molar-refractivity contribution is 0.396. The molecule has 126 valence electrons. The third-order valence-corrected chi connectivity index (χ3v) is 3.51. The van der Waals surface area contributed by atoms with E-state index in [1.165, 1.54) is 0 Å². The lowest BCUT2D eigenvalue weighted by atomic mass is 10.1. The fourth-order valence-electron chi connectivity index (χ4n) is 2.41. The minimum Gasteiger partial charge on any atom is -0.494 e. The maximum Gasteiger partial charge on any atom is 0.213 e. The van der Waals surface area contributed by atoms with E-state index in [9.17, 15) is 0 Å². The first-order valence-corrected chi connectivity index (χ1v) is 7.40. The van der Waals surface area contributed by atoms with Crippen molar-refractivity contribution >= 4 is 11.4 Å². The third-order valence-electron chi connectivity index (χ3n) is 3.51. The Balaban J connectivity index is 2.58. The zero-order valence-electron chi connectivity index (χ0n) is 14.5. The summed E-state index contributed by atoms with van der Waals surface area (Å²) in [5.74, 6) is 1.82. The first kappa shape index (κ1) is 17.4. The molecule has 24 heavy (non-hydrogen) atoms. The lowest BCUT2D eigenvalue weighted by Gasteiger charge is -2.29. The number of pyridine rings is 1. The normalized spacial score (nSPS) is 10.0.